The first-order chi connectivity index (χ1) is 17.1. The van der Waals surface area contributed by atoms with Crippen LogP contribution in [-0.2, 0) is 16.1 Å². The molecular weight excluding hydrogens is 462 g/mol. The quantitative estimate of drug-likeness (QED) is 0.257. The number of nitrogens with zero attached hydrogens (tertiary/aromatic N) is 4. The highest BCUT2D eigenvalue weighted by Crippen LogP contribution is 2.37. The molecule has 4 rings (SSSR count). The van der Waals surface area contributed by atoms with Gasteiger partial charge in [-0.2, -0.15) is 0 Å². The van der Waals surface area contributed by atoms with E-state index >= 15 is 0 Å². The number of nitrogens with one attached hydrogen (secondary N) is 1. The Labute approximate surface area is 207 Å². The molecule has 0 bridgehead atoms. The number of thioether (sulfide) groups is 1. The van der Waals surface area contributed by atoms with Crippen molar-refractivity contribution in [2.24, 2.45) is 0 Å². The van der Waals surface area contributed by atoms with E-state index in [4.69, 9.17) is 4.74 Å². The number of Topliss-reactive ketones (excluding diaryl/α,β-unsaturated/α-hetero) is 1. The van der Waals surface area contributed by atoms with Gasteiger partial charge in [0.2, 0.25) is 5.91 Å². The van der Waals surface area contributed by atoms with Crippen molar-refractivity contribution < 1.29 is 14.3 Å². The first kappa shape index (κ1) is 24.3. The van der Waals surface area contributed by atoms with Crippen LogP contribution in [0.1, 0.15) is 28.1 Å². The van der Waals surface area contributed by atoms with Crippen LogP contribution >= 0.6 is 11.8 Å². The molecule has 9 heteroatoms. The number of ketones is 1. The first-order valence-electron chi connectivity index (χ1n) is 11.0. The third-order valence-corrected chi connectivity index (χ3v) is 6.51. The Hall–Kier alpha value is -3.82. The van der Waals surface area contributed by atoms with Crippen LogP contribution in [0.25, 0.3) is 11.4 Å². The molecule has 1 atom stereocenters. The molecule has 4 aromatic rings. The highest BCUT2D eigenvalue weighted by Gasteiger charge is 2.26. The van der Waals surface area contributed by atoms with Gasteiger partial charge in [-0.15, -0.1) is 10.2 Å². The molecule has 0 spiro atoms. The summed E-state index contributed by atoms with van der Waals surface area (Å²) < 4.78 is 7.25. The van der Waals surface area contributed by atoms with Crippen molar-refractivity contribution in [1.29, 1.82) is 0 Å². The molecule has 2 aromatic heterocycles. The van der Waals surface area contributed by atoms with E-state index in [0.29, 0.717) is 35.4 Å². The Kier molecular flexibility index (Phi) is 8.02. The molecule has 35 heavy (non-hydrogen) atoms. The van der Waals surface area contributed by atoms with Crippen molar-refractivity contribution in [3.8, 4) is 11.4 Å². The van der Waals surface area contributed by atoms with Gasteiger partial charge in [0.25, 0.3) is 0 Å². The first-order valence-corrected chi connectivity index (χ1v) is 11.9. The van der Waals surface area contributed by atoms with Gasteiger partial charge in [-0.05, 0) is 36.8 Å². The number of amides is 1. The largest absolute Gasteiger partial charge is 0.383 e. The second kappa shape index (κ2) is 11.5. The molecule has 1 unspecified atom stereocenters. The molecule has 178 valence electrons. The summed E-state index contributed by atoms with van der Waals surface area (Å²) in [7, 11) is 1.64. The molecular formula is C26H25N5O3S. The average Bonchev–Trinajstić information content (AvgIpc) is 3.29. The van der Waals surface area contributed by atoms with E-state index in [2.05, 4.69) is 20.5 Å². The van der Waals surface area contributed by atoms with Gasteiger partial charge < -0.3 is 10.1 Å². The normalized spacial score (nSPS) is 11.7. The molecule has 0 fully saturated rings. The van der Waals surface area contributed by atoms with Gasteiger partial charge in [0, 0.05) is 36.3 Å². The van der Waals surface area contributed by atoms with Gasteiger partial charge in [0.1, 0.15) is 5.25 Å². The lowest BCUT2D eigenvalue weighted by atomic mass is 10.1. The number of hydrogen-bond donors (Lipinski definition) is 1. The Morgan fingerprint density at radius 1 is 1.03 bits per heavy atom. The summed E-state index contributed by atoms with van der Waals surface area (Å²) in [6.45, 7) is 2.48. The summed E-state index contributed by atoms with van der Waals surface area (Å²) in [5.41, 5.74) is 2.79. The zero-order chi connectivity index (χ0) is 24.6. The molecule has 2 heterocycles. The predicted molar refractivity (Wildman–Crippen MR) is 135 cm³/mol. The molecule has 2 aromatic carbocycles. The summed E-state index contributed by atoms with van der Waals surface area (Å²) >= 11 is 1.31. The number of ether oxygens (including phenoxy) is 1. The van der Waals surface area contributed by atoms with Crippen LogP contribution in [0.5, 0.6) is 0 Å². The molecule has 8 nitrogen and oxygen atoms in total. The molecule has 0 aliphatic rings. The third-order valence-electron chi connectivity index (χ3n) is 5.27. The fourth-order valence-corrected chi connectivity index (χ4v) is 4.57. The van der Waals surface area contributed by atoms with E-state index in [9.17, 15) is 9.59 Å². The number of anilines is 1. The summed E-state index contributed by atoms with van der Waals surface area (Å²) in [6, 6.07) is 20.1. The average molecular weight is 488 g/mol. The van der Waals surface area contributed by atoms with Gasteiger partial charge in [-0.25, -0.2) is 0 Å². The van der Waals surface area contributed by atoms with Gasteiger partial charge in [-0.3, -0.25) is 19.1 Å². The van der Waals surface area contributed by atoms with Crippen molar-refractivity contribution >= 4 is 29.1 Å². The van der Waals surface area contributed by atoms with Crippen LogP contribution < -0.4 is 5.32 Å². The smallest absolute Gasteiger partial charge is 0.242 e. The van der Waals surface area contributed by atoms with Crippen LogP contribution in [0.4, 0.5) is 5.69 Å². The lowest BCUT2D eigenvalue weighted by Gasteiger charge is -2.18. The summed E-state index contributed by atoms with van der Waals surface area (Å²) in [5, 5.41) is 11.8. The number of carbonyl (C=O) groups is 2. The maximum Gasteiger partial charge on any atom is 0.242 e. The number of methoxy groups -OCH3 is 1. The van der Waals surface area contributed by atoms with E-state index in [1.165, 1.54) is 18.7 Å². The minimum absolute atomic E-state index is 0.0648. The third kappa shape index (κ3) is 6.00. The van der Waals surface area contributed by atoms with Crippen molar-refractivity contribution in [3.05, 3.63) is 90.3 Å². The van der Waals surface area contributed by atoms with Crippen LogP contribution in [-0.4, -0.2) is 45.2 Å². The number of hydrogen-bond acceptors (Lipinski definition) is 7. The number of pyridine rings is 1. The zero-order valence-electron chi connectivity index (χ0n) is 19.4. The Morgan fingerprint density at radius 3 is 2.51 bits per heavy atom. The monoisotopic (exact) mass is 487 g/mol. The number of carbonyl (C=O) groups excluding carboxylic acids is 2. The molecule has 0 saturated heterocycles. The minimum atomic E-state index is -0.604. The van der Waals surface area contributed by atoms with Crippen molar-refractivity contribution in [2.45, 2.75) is 23.9 Å². The Morgan fingerprint density at radius 2 is 1.80 bits per heavy atom. The number of rotatable bonds is 10. The summed E-state index contributed by atoms with van der Waals surface area (Å²) in [6.07, 6.45) is 3.40. The van der Waals surface area contributed by atoms with Gasteiger partial charge in [0.05, 0.1) is 13.2 Å². The van der Waals surface area contributed by atoms with Crippen molar-refractivity contribution in [2.75, 3.05) is 19.0 Å². The van der Waals surface area contributed by atoms with Gasteiger partial charge in [-0.1, -0.05) is 54.2 Å². The lowest BCUT2D eigenvalue weighted by molar-refractivity contribution is -0.115. The second-order valence-electron chi connectivity index (χ2n) is 7.72. The van der Waals surface area contributed by atoms with Gasteiger partial charge >= 0.3 is 0 Å². The molecule has 0 saturated carbocycles. The highest BCUT2D eigenvalue weighted by atomic mass is 32.2. The van der Waals surface area contributed by atoms with E-state index < -0.39 is 5.25 Å². The molecule has 1 amide bonds. The van der Waals surface area contributed by atoms with Gasteiger partial charge in [0.15, 0.2) is 16.8 Å². The maximum atomic E-state index is 13.5. The van der Waals surface area contributed by atoms with E-state index in [1.54, 1.807) is 43.8 Å². The van der Waals surface area contributed by atoms with Crippen molar-refractivity contribution in [1.82, 2.24) is 19.7 Å². The number of benzene rings is 2. The molecule has 0 aliphatic heterocycles. The topological polar surface area (TPSA) is 99.0 Å². The SMILES string of the molecule is COCCn1c(SC(C(=O)Nc2cccc(C(C)=O)c2)c2ccccc2)nnc1-c1ccncc1. The minimum Gasteiger partial charge on any atom is -0.383 e. The molecule has 1 N–H and O–H groups in total. The van der Waals surface area contributed by atoms with Crippen LogP contribution in [0, 0.1) is 0 Å². The highest BCUT2D eigenvalue weighted by molar-refractivity contribution is 8.00. The summed E-state index contributed by atoms with van der Waals surface area (Å²) in [5.74, 6) is 0.381. The van der Waals surface area contributed by atoms with E-state index in [1.807, 2.05) is 47.0 Å². The number of aromatic nitrogens is 4. The lowest BCUT2D eigenvalue weighted by Crippen LogP contribution is -2.20. The van der Waals surface area contributed by atoms with Crippen LogP contribution in [0.15, 0.2) is 84.3 Å². The predicted octanol–water partition coefficient (Wildman–Crippen LogP) is 4.66. The Bertz CT molecular complexity index is 1290. The maximum absolute atomic E-state index is 13.5. The standard InChI is InChI=1S/C26H25N5O3S/c1-18(32)21-9-6-10-22(17-21)28-25(33)23(19-7-4-3-5-8-19)35-26-30-29-24(31(26)15-16-34-2)20-11-13-27-14-12-20/h3-14,17,23H,15-16H2,1-2H3,(H,28,33). The van der Waals surface area contributed by atoms with Crippen LogP contribution in [0.3, 0.4) is 0 Å². The molecule has 0 aliphatic carbocycles. The summed E-state index contributed by atoms with van der Waals surface area (Å²) in [4.78, 5) is 29.3. The molecule has 0 radical (unpaired) electrons. The fourth-order valence-electron chi connectivity index (χ4n) is 3.50. The fraction of sp³-hybridized carbons (Fsp3) is 0.192. The van der Waals surface area contributed by atoms with Crippen molar-refractivity contribution in [3.63, 3.8) is 0 Å². The van der Waals surface area contributed by atoms with E-state index in [-0.39, 0.29) is 11.7 Å². The zero-order valence-corrected chi connectivity index (χ0v) is 20.2. The van der Waals surface area contributed by atoms with Crippen LogP contribution in [0.2, 0.25) is 0 Å². The Balaban J connectivity index is 1.67. The van der Waals surface area contributed by atoms with E-state index in [0.717, 1.165) is 11.1 Å². The second-order valence-corrected chi connectivity index (χ2v) is 8.79.